The number of nitrogens with one attached hydrogen (secondary N) is 1. The number of hydrogen-bond donors (Lipinski definition) is 2. The molecule has 3 aromatic rings. The minimum Gasteiger partial charge on any atom is -0.508 e. The summed E-state index contributed by atoms with van der Waals surface area (Å²) in [5.41, 5.74) is 3.05. The first-order valence-electron chi connectivity index (χ1n) is 9.11. The number of benzene rings is 3. The van der Waals surface area contributed by atoms with E-state index in [2.05, 4.69) is 5.32 Å². The first kappa shape index (κ1) is 19.9. The molecule has 146 valence electrons. The van der Waals surface area contributed by atoms with Gasteiger partial charge in [0.25, 0.3) is 5.91 Å². The van der Waals surface area contributed by atoms with Crippen molar-refractivity contribution in [2.75, 3.05) is 11.9 Å². The molecule has 0 radical (unpaired) electrons. The molecule has 2 N–H and O–H groups in total. The van der Waals surface area contributed by atoms with Crippen molar-refractivity contribution >= 4 is 23.5 Å². The zero-order valence-electron chi connectivity index (χ0n) is 16.0. The van der Waals surface area contributed by atoms with E-state index < -0.39 is 0 Å². The highest BCUT2D eigenvalue weighted by atomic mass is 16.5. The Morgan fingerprint density at radius 1 is 0.966 bits per heavy atom. The van der Waals surface area contributed by atoms with Gasteiger partial charge in [-0.25, -0.2) is 0 Å². The SMILES string of the molecule is Cc1ccccc1NC(=O)COc1ccc(C(=O)/C=C/c2ccc(O)cc2)cc1. The molecule has 0 aliphatic heterocycles. The number of allylic oxidation sites excluding steroid dienone is 1. The first-order valence-corrected chi connectivity index (χ1v) is 9.11. The summed E-state index contributed by atoms with van der Waals surface area (Å²) in [6, 6.07) is 20.7. The van der Waals surface area contributed by atoms with Gasteiger partial charge < -0.3 is 15.2 Å². The summed E-state index contributed by atoms with van der Waals surface area (Å²) < 4.78 is 5.49. The van der Waals surface area contributed by atoms with E-state index >= 15 is 0 Å². The Balaban J connectivity index is 1.53. The Labute approximate surface area is 169 Å². The lowest BCUT2D eigenvalue weighted by atomic mass is 10.1. The van der Waals surface area contributed by atoms with Gasteiger partial charge >= 0.3 is 0 Å². The van der Waals surface area contributed by atoms with Crippen molar-refractivity contribution < 1.29 is 19.4 Å². The average Bonchev–Trinajstić information content (AvgIpc) is 2.74. The van der Waals surface area contributed by atoms with E-state index in [0.29, 0.717) is 11.3 Å². The third kappa shape index (κ3) is 5.81. The first-order chi connectivity index (χ1) is 14.0. The van der Waals surface area contributed by atoms with E-state index in [0.717, 1.165) is 16.8 Å². The van der Waals surface area contributed by atoms with Crippen molar-refractivity contribution in [3.05, 3.63) is 95.6 Å². The Hall–Kier alpha value is -3.86. The second kappa shape index (κ2) is 9.37. The van der Waals surface area contributed by atoms with Gasteiger partial charge in [-0.2, -0.15) is 0 Å². The molecule has 0 fully saturated rings. The largest absolute Gasteiger partial charge is 0.508 e. The highest BCUT2D eigenvalue weighted by Gasteiger charge is 2.07. The summed E-state index contributed by atoms with van der Waals surface area (Å²) in [4.78, 5) is 24.3. The molecular formula is C24H21NO4. The molecule has 0 aliphatic rings. The number of carbonyl (C=O) groups excluding carboxylic acids is 2. The number of ketones is 1. The van der Waals surface area contributed by atoms with Gasteiger partial charge in [-0.05, 0) is 66.6 Å². The van der Waals surface area contributed by atoms with E-state index in [9.17, 15) is 14.7 Å². The molecule has 0 heterocycles. The standard InChI is InChI=1S/C24H21NO4/c1-17-4-2-3-5-22(17)25-24(28)16-29-21-13-9-19(10-14-21)23(27)15-8-18-6-11-20(26)12-7-18/h2-15,26H,16H2,1H3,(H,25,28)/b15-8+. The molecule has 0 spiro atoms. The lowest BCUT2D eigenvalue weighted by molar-refractivity contribution is -0.118. The molecule has 5 heteroatoms. The van der Waals surface area contributed by atoms with Gasteiger partial charge in [-0.3, -0.25) is 9.59 Å². The van der Waals surface area contributed by atoms with E-state index in [1.54, 1.807) is 54.6 Å². The van der Waals surface area contributed by atoms with Crippen LogP contribution in [0.15, 0.2) is 78.9 Å². The normalized spacial score (nSPS) is 10.7. The van der Waals surface area contributed by atoms with E-state index in [4.69, 9.17) is 4.74 Å². The predicted octanol–water partition coefficient (Wildman–Crippen LogP) is 4.61. The van der Waals surface area contributed by atoms with Crippen molar-refractivity contribution in [3.8, 4) is 11.5 Å². The number of phenolic OH excluding ortho intramolecular Hbond substituents is 1. The smallest absolute Gasteiger partial charge is 0.262 e. The van der Waals surface area contributed by atoms with Crippen molar-refractivity contribution in [2.24, 2.45) is 0 Å². The van der Waals surface area contributed by atoms with Gasteiger partial charge in [0.2, 0.25) is 0 Å². The van der Waals surface area contributed by atoms with Crippen LogP contribution in [-0.2, 0) is 4.79 Å². The molecule has 0 aliphatic carbocycles. The summed E-state index contributed by atoms with van der Waals surface area (Å²) in [6.45, 7) is 1.80. The second-order valence-electron chi connectivity index (χ2n) is 6.47. The van der Waals surface area contributed by atoms with Crippen LogP contribution in [0.2, 0.25) is 0 Å². The molecule has 3 rings (SSSR count). The molecule has 0 aromatic heterocycles. The summed E-state index contributed by atoms with van der Waals surface area (Å²) in [6.07, 6.45) is 3.15. The third-order valence-corrected chi connectivity index (χ3v) is 4.25. The van der Waals surface area contributed by atoms with Gasteiger partial charge in [0.1, 0.15) is 11.5 Å². The van der Waals surface area contributed by atoms with Crippen LogP contribution in [0.1, 0.15) is 21.5 Å². The van der Waals surface area contributed by atoms with Crippen LogP contribution >= 0.6 is 0 Å². The summed E-state index contributed by atoms with van der Waals surface area (Å²) in [7, 11) is 0. The molecule has 1 amide bonds. The second-order valence-corrected chi connectivity index (χ2v) is 6.47. The number of carbonyl (C=O) groups is 2. The van der Waals surface area contributed by atoms with Gasteiger partial charge in [0.05, 0.1) is 0 Å². The molecule has 3 aromatic carbocycles. The maximum absolute atomic E-state index is 12.3. The number of ether oxygens (including phenoxy) is 1. The Morgan fingerprint density at radius 2 is 1.66 bits per heavy atom. The Morgan fingerprint density at radius 3 is 2.34 bits per heavy atom. The number of anilines is 1. The van der Waals surface area contributed by atoms with Crippen molar-refractivity contribution in [1.29, 1.82) is 0 Å². The van der Waals surface area contributed by atoms with Crippen molar-refractivity contribution in [2.45, 2.75) is 6.92 Å². The summed E-state index contributed by atoms with van der Waals surface area (Å²) >= 11 is 0. The third-order valence-electron chi connectivity index (χ3n) is 4.25. The zero-order valence-corrected chi connectivity index (χ0v) is 16.0. The van der Waals surface area contributed by atoms with E-state index in [1.165, 1.54) is 6.08 Å². The van der Waals surface area contributed by atoms with Crippen molar-refractivity contribution in [1.82, 2.24) is 0 Å². The number of amides is 1. The van der Waals surface area contributed by atoms with Crippen LogP contribution in [0.3, 0.4) is 0 Å². The van der Waals surface area contributed by atoms with Crippen LogP contribution in [0.5, 0.6) is 11.5 Å². The number of para-hydroxylation sites is 1. The molecule has 0 saturated heterocycles. The molecule has 5 nitrogen and oxygen atoms in total. The number of phenols is 1. The lowest BCUT2D eigenvalue weighted by Crippen LogP contribution is -2.20. The minimum absolute atomic E-state index is 0.123. The average molecular weight is 387 g/mol. The topological polar surface area (TPSA) is 75.6 Å². The van der Waals surface area contributed by atoms with Gasteiger partial charge in [0.15, 0.2) is 12.4 Å². The Bertz CT molecular complexity index is 1020. The van der Waals surface area contributed by atoms with Crippen LogP contribution in [0.4, 0.5) is 5.69 Å². The number of aryl methyl sites for hydroxylation is 1. The minimum atomic E-state index is -0.253. The number of hydrogen-bond acceptors (Lipinski definition) is 4. The van der Waals surface area contributed by atoms with Crippen molar-refractivity contribution in [3.63, 3.8) is 0 Å². The van der Waals surface area contributed by atoms with Crippen LogP contribution < -0.4 is 10.1 Å². The number of aromatic hydroxyl groups is 1. The molecular weight excluding hydrogens is 366 g/mol. The number of rotatable bonds is 7. The van der Waals surface area contributed by atoms with E-state index in [1.807, 2.05) is 31.2 Å². The van der Waals surface area contributed by atoms with Gasteiger partial charge in [0, 0.05) is 11.3 Å². The lowest BCUT2D eigenvalue weighted by Gasteiger charge is -2.09. The summed E-state index contributed by atoms with van der Waals surface area (Å²) in [5.74, 6) is 0.277. The fraction of sp³-hybridized carbons (Fsp3) is 0.0833. The maximum atomic E-state index is 12.3. The monoisotopic (exact) mass is 387 g/mol. The maximum Gasteiger partial charge on any atom is 0.262 e. The fourth-order valence-corrected chi connectivity index (χ4v) is 2.62. The summed E-state index contributed by atoms with van der Waals surface area (Å²) in [5, 5.41) is 12.1. The molecule has 29 heavy (non-hydrogen) atoms. The molecule has 0 saturated carbocycles. The molecule has 0 atom stereocenters. The zero-order chi connectivity index (χ0) is 20.6. The highest BCUT2D eigenvalue weighted by Crippen LogP contribution is 2.16. The van der Waals surface area contributed by atoms with Crippen LogP contribution in [-0.4, -0.2) is 23.4 Å². The van der Waals surface area contributed by atoms with Crippen LogP contribution in [0, 0.1) is 6.92 Å². The highest BCUT2D eigenvalue weighted by molar-refractivity contribution is 6.06. The molecule has 0 unspecified atom stereocenters. The van der Waals surface area contributed by atoms with E-state index in [-0.39, 0.29) is 24.0 Å². The fourth-order valence-electron chi connectivity index (χ4n) is 2.62. The molecule has 0 bridgehead atoms. The quantitative estimate of drug-likeness (QED) is 0.458. The van der Waals surface area contributed by atoms with Crippen LogP contribution in [0.25, 0.3) is 6.08 Å². The predicted molar refractivity (Wildman–Crippen MR) is 113 cm³/mol. The Kier molecular flexibility index (Phi) is 6.43. The van der Waals surface area contributed by atoms with Gasteiger partial charge in [-0.1, -0.05) is 36.4 Å². The van der Waals surface area contributed by atoms with Gasteiger partial charge in [-0.15, -0.1) is 0 Å².